The summed E-state index contributed by atoms with van der Waals surface area (Å²) in [6, 6.07) is 8.68. The maximum atomic E-state index is 14.1. The van der Waals surface area contributed by atoms with Crippen LogP contribution < -0.4 is 20.7 Å². The van der Waals surface area contributed by atoms with Gasteiger partial charge in [-0.15, -0.1) is 0 Å². The van der Waals surface area contributed by atoms with Gasteiger partial charge in [0.25, 0.3) is 11.5 Å². The van der Waals surface area contributed by atoms with Crippen LogP contribution in [0, 0.1) is 19.8 Å². The van der Waals surface area contributed by atoms with E-state index in [1.54, 1.807) is 0 Å². The molecular weight excluding hydrogens is 604 g/mol. The summed E-state index contributed by atoms with van der Waals surface area (Å²) in [7, 11) is 0. The highest BCUT2D eigenvalue weighted by Gasteiger charge is 2.27. The SMILES string of the molecule is CCN(c1cc(-c2ccc(N3CCOCC3)nc2)cc(C(=O)NCc2c3c(c(C)[nH]c2=O)CN(CC(C)C)CC3)c1C)C1CCOCC1. The van der Waals surface area contributed by atoms with E-state index in [4.69, 9.17) is 14.5 Å². The molecule has 2 fully saturated rings. The van der Waals surface area contributed by atoms with Crippen LogP contribution in [0.1, 0.15) is 71.9 Å². The number of anilines is 2. The third kappa shape index (κ3) is 7.46. The predicted molar refractivity (Wildman–Crippen MR) is 191 cm³/mol. The molecule has 0 aliphatic carbocycles. The molecule has 10 nitrogen and oxygen atoms in total. The van der Waals surface area contributed by atoms with Crippen LogP contribution in [0.15, 0.2) is 35.3 Å². The maximum absolute atomic E-state index is 14.1. The second-order valence-corrected chi connectivity index (χ2v) is 13.9. The number of hydrogen-bond donors (Lipinski definition) is 2. The fourth-order valence-corrected chi connectivity index (χ4v) is 7.64. The molecule has 0 radical (unpaired) electrons. The quantitative estimate of drug-likeness (QED) is 0.320. The van der Waals surface area contributed by atoms with Gasteiger partial charge in [0.1, 0.15) is 5.82 Å². The van der Waals surface area contributed by atoms with Crippen molar-refractivity contribution in [3.8, 4) is 11.1 Å². The van der Waals surface area contributed by atoms with Gasteiger partial charge in [0.2, 0.25) is 0 Å². The third-order valence-electron chi connectivity index (χ3n) is 10.2. The lowest BCUT2D eigenvalue weighted by atomic mass is 9.93. The van der Waals surface area contributed by atoms with Crippen LogP contribution in [0.2, 0.25) is 0 Å². The Labute approximate surface area is 284 Å². The third-order valence-corrected chi connectivity index (χ3v) is 10.2. The van der Waals surface area contributed by atoms with Gasteiger partial charge in [-0.05, 0) is 92.5 Å². The molecule has 0 spiro atoms. The van der Waals surface area contributed by atoms with Crippen LogP contribution >= 0.6 is 0 Å². The highest BCUT2D eigenvalue weighted by atomic mass is 16.5. The summed E-state index contributed by atoms with van der Waals surface area (Å²) in [5.74, 6) is 1.33. The summed E-state index contributed by atoms with van der Waals surface area (Å²) < 4.78 is 11.2. The summed E-state index contributed by atoms with van der Waals surface area (Å²) in [4.78, 5) is 42.4. The molecular formula is C38H52N6O4. The Hall–Kier alpha value is -3.73. The number of aryl methyl sites for hydroxylation is 1. The van der Waals surface area contributed by atoms with Crippen LogP contribution in [-0.4, -0.2) is 86.0 Å². The first kappa shape index (κ1) is 34.1. The van der Waals surface area contributed by atoms with Crippen molar-refractivity contribution in [1.29, 1.82) is 0 Å². The topological polar surface area (TPSA) is 103 Å². The van der Waals surface area contributed by atoms with Gasteiger partial charge in [0, 0.05) is 99.3 Å². The van der Waals surface area contributed by atoms with E-state index in [-0.39, 0.29) is 18.0 Å². The molecule has 3 aromatic rings. The average Bonchev–Trinajstić information content (AvgIpc) is 3.10. The molecule has 3 aliphatic rings. The Morgan fingerprint density at radius 1 is 1.04 bits per heavy atom. The van der Waals surface area contributed by atoms with Gasteiger partial charge in [-0.25, -0.2) is 4.98 Å². The lowest BCUT2D eigenvalue weighted by molar-refractivity contribution is 0.0846. The van der Waals surface area contributed by atoms with Crippen molar-refractivity contribution in [1.82, 2.24) is 20.2 Å². The number of nitrogens with one attached hydrogen (secondary N) is 2. The molecule has 10 heteroatoms. The minimum absolute atomic E-state index is 0.113. The summed E-state index contributed by atoms with van der Waals surface area (Å²) in [5, 5.41) is 3.16. The Balaban J connectivity index is 1.31. The molecule has 0 saturated carbocycles. The van der Waals surface area contributed by atoms with Crippen LogP contribution in [-0.2, 0) is 29.0 Å². The smallest absolute Gasteiger partial charge is 0.253 e. The Bertz CT molecular complexity index is 1640. The number of benzene rings is 1. The molecule has 2 aromatic heterocycles. The van der Waals surface area contributed by atoms with Gasteiger partial charge in [-0.3, -0.25) is 14.5 Å². The lowest BCUT2D eigenvalue weighted by Crippen LogP contribution is -2.40. The zero-order valence-electron chi connectivity index (χ0n) is 29.4. The number of carbonyl (C=O) groups is 1. The van der Waals surface area contributed by atoms with E-state index in [0.29, 0.717) is 36.3 Å². The minimum atomic E-state index is -0.178. The van der Waals surface area contributed by atoms with Crippen LogP contribution in [0.3, 0.4) is 0 Å². The number of nitrogens with zero attached hydrogens (tertiary/aromatic N) is 4. The zero-order valence-corrected chi connectivity index (χ0v) is 29.4. The van der Waals surface area contributed by atoms with E-state index in [1.807, 2.05) is 26.1 Å². The van der Waals surface area contributed by atoms with Crippen molar-refractivity contribution in [2.75, 3.05) is 69.0 Å². The number of fused-ring (bicyclic) bond motifs is 1. The zero-order chi connectivity index (χ0) is 33.8. The Morgan fingerprint density at radius 2 is 1.79 bits per heavy atom. The number of hydrogen-bond acceptors (Lipinski definition) is 8. The number of carbonyl (C=O) groups excluding carboxylic acids is 1. The van der Waals surface area contributed by atoms with Gasteiger partial charge in [-0.1, -0.05) is 13.8 Å². The number of morpholine rings is 1. The Morgan fingerprint density at radius 3 is 2.48 bits per heavy atom. The first-order valence-corrected chi connectivity index (χ1v) is 17.8. The van der Waals surface area contributed by atoms with E-state index in [9.17, 15) is 9.59 Å². The summed E-state index contributed by atoms with van der Waals surface area (Å²) in [6.45, 7) is 19.0. The molecule has 2 saturated heterocycles. The molecule has 258 valence electrons. The highest BCUT2D eigenvalue weighted by molar-refractivity contribution is 5.99. The molecule has 2 N–H and O–H groups in total. The number of aromatic amines is 1. The van der Waals surface area contributed by atoms with Crippen molar-refractivity contribution < 1.29 is 14.3 Å². The fraction of sp³-hybridized carbons (Fsp3) is 0.553. The molecule has 1 amide bonds. The van der Waals surface area contributed by atoms with Crippen LogP contribution in [0.4, 0.5) is 11.5 Å². The number of rotatable bonds is 10. The molecule has 48 heavy (non-hydrogen) atoms. The van der Waals surface area contributed by atoms with E-state index in [0.717, 1.165) is 111 Å². The molecule has 5 heterocycles. The number of aromatic nitrogens is 2. The monoisotopic (exact) mass is 656 g/mol. The second kappa shape index (κ2) is 15.2. The number of ether oxygens (including phenoxy) is 2. The van der Waals surface area contributed by atoms with Crippen LogP contribution in [0.25, 0.3) is 11.1 Å². The number of H-pyrrole nitrogens is 1. The molecule has 0 bridgehead atoms. The largest absolute Gasteiger partial charge is 0.381 e. The first-order chi connectivity index (χ1) is 23.2. The van der Waals surface area contributed by atoms with Gasteiger partial charge in [-0.2, -0.15) is 0 Å². The van der Waals surface area contributed by atoms with Gasteiger partial charge >= 0.3 is 0 Å². The van der Waals surface area contributed by atoms with Crippen molar-refractivity contribution in [2.24, 2.45) is 5.92 Å². The Kier molecular flexibility index (Phi) is 10.8. The van der Waals surface area contributed by atoms with Crippen LogP contribution in [0.5, 0.6) is 0 Å². The second-order valence-electron chi connectivity index (χ2n) is 13.9. The first-order valence-electron chi connectivity index (χ1n) is 17.8. The van der Waals surface area contributed by atoms with Gasteiger partial charge in [0.15, 0.2) is 0 Å². The van der Waals surface area contributed by atoms with Crippen molar-refractivity contribution >= 4 is 17.4 Å². The van der Waals surface area contributed by atoms with Gasteiger partial charge < -0.3 is 29.6 Å². The van der Waals surface area contributed by atoms with E-state index in [1.165, 1.54) is 5.56 Å². The summed E-state index contributed by atoms with van der Waals surface area (Å²) in [6.07, 6.45) is 4.61. The average molecular weight is 657 g/mol. The lowest BCUT2D eigenvalue weighted by Gasteiger charge is -2.37. The molecule has 6 rings (SSSR count). The fourth-order valence-electron chi connectivity index (χ4n) is 7.64. The molecule has 1 aromatic carbocycles. The van der Waals surface area contributed by atoms with Crippen molar-refractivity contribution in [3.05, 3.63) is 74.3 Å². The normalized spacial score (nSPS) is 17.4. The minimum Gasteiger partial charge on any atom is -0.381 e. The number of pyridine rings is 2. The summed E-state index contributed by atoms with van der Waals surface area (Å²) in [5.41, 5.74) is 8.27. The van der Waals surface area contributed by atoms with E-state index < -0.39 is 0 Å². The van der Waals surface area contributed by atoms with Crippen molar-refractivity contribution in [2.45, 2.75) is 73.0 Å². The standard InChI is InChI=1S/C38H52N6O4/c1-6-44(30-10-15-47-16-11-30)35-20-29(28-7-8-36(39-21-28)43-13-17-48-18-14-43)19-32(26(35)4)37(45)40-22-33-31-9-12-42(23-25(2)3)24-34(31)27(5)41-38(33)46/h7-8,19-21,25,30H,6,9-18,22-24H2,1-5H3,(H,40,45)(H,41,46). The van der Waals surface area contributed by atoms with E-state index >= 15 is 0 Å². The number of amides is 1. The molecule has 0 atom stereocenters. The molecule has 3 aliphatic heterocycles. The predicted octanol–water partition coefficient (Wildman–Crippen LogP) is 4.84. The molecule has 0 unspecified atom stereocenters. The maximum Gasteiger partial charge on any atom is 0.253 e. The highest BCUT2D eigenvalue weighted by Crippen LogP contribution is 2.34. The van der Waals surface area contributed by atoms with Gasteiger partial charge in [0.05, 0.1) is 13.2 Å². The van der Waals surface area contributed by atoms with Crippen molar-refractivity contribution in [3.63, 3.8) is 0 Å². The van der Waals surface area contributed by atoms with E-state index in [2.05, 4.69) is 64.0 Å². The summed E-state index contributed by atoms with van der Waals surface area (Å²) >= 11 is 0.